The number of hydrogen-bond donors (Lipinski definition) is 0. The van der Waals surface area contributed by atoms with Crippen molar-refractivity contribution in [3.8, 4) is 11.5 Å². The van der Waals surface area contributed by atoms with Gasteiger partial charge in [-0.1, -0.05) is 84.4 Å². The van der Waals surface area contributed by atoms with E-state index in [9.17, 15) is 0 Å². The minimum absolute atomic E-state index is 0.518. The number of benzene rings is 4. The lowest BCUT2D eigenvalue weighted by Gasteiger charge is -2.38. The second-order valence-corrected chi connectivity index (χ2v) is 8.39. The van der Waals surface area contributed by atoms with Gasteiger partial charge < -0.3 is 14.1 Å². The average Bonchev–Trinajstić information content (AvgIpc) is 2.98. The van der Waals surface area contributed by atoms with Crippen LogP contribution in [0.3, 0.4) is 0 Å². The fraction of sp³-hybridized carbons (Fsp3) is 0.0385. The quantitative estimate of drug-likeness (QED) is 0.345. The van der Waals surface area contributed by atoms with Crippen molar-refractivity contribution in [2.45, 2.75) is 6.54 Å². The zero-order valence-electron chi connectivity index (χ0n) is 17.1. The molecule has 2 aliphatic rings. The number of hydrogen-bond acceptors (Lipinski definition) is 3. The molecular weight excluding hydrogens is 421 g/mol. The van der Waals surface area contributed by atoms with Crippen molar-refractivity contribution in [2.24, 2.45) is 0 Å². The summed E-state index contributed by atoms with van der Waals surface area (Å²) in [5.74, 6) is 2.02. The first-order valence-electron chi connectivity index (χ1n) is 10.6. The summed E-state index contributed by atoms with van der Waals surface area (Å²) in [5, 5.41) is 0.599. The van der Waals surface area contributed by atoms with E-state index in [1.54, 1.807) is 4.74 Å². The first-order chi connectivity index (χ1) is 15.7. The lowest BCUT2D eigenvalue weighted by Crippen LogP contribution is -2.67. The van der Waals surface area contributed by atoms with Gasteiger partial charge in [0.15, 0.2) is 0 Å². The number of ether oxygens (including phenoxy) is 1. The number of halogens is 1. The minimum atomic E-state index is -2.11. The van der Waals surface area contributed by atoms with E-state index < -0.39 is 6.55 Å². The summed E-state index contributed by atoms with van der Waals surface area (Å²) in [6.07, 6.45) is 0. The third kappa shape index (κ3) is 3.05. The van der Waals surface area contributed by atoms with Crippen LogP contribution in [0.1, 0.15) is 11.1 Å². The Kier molecular flexibility index (Phi) is 4.44. The van der Waals surface area contributed by atoms with Crippen LogP contribution in [0.2, 0.25) is 5.02 Å². The molecule has 4 aromatic carbocycles. The Morgan fingerprint density at radius 2 is 1.38 bits per heavy atom. The van der Waals surface area contributed by atoms with Crippen LogP contribution in [-0.2, 0) is 11.3 Å². The topological polar surface area (TPSA) is 30.7 Å². The zero-order chi connectivity index (χ0) is 21.5. The SMILES string of the molecule is Clc1ccc2c(c1)C1=[N+](Cc3ccccc3O1)O[B-](c1ccccc1)(c1ccccc1)O2. The van der Waals surface area contributed by atoms with Crippen LogP contribution < -0.4 is 20.3 Å². The molecule has 0 amide bonds. The molecule has 0 unspecified atom stereocenters. The van der Waals surface area contributed by atoms with Gasteiger partial charge in [0.05, 0.1) is 11.3 Å². The van der Waals surface area contributed by atoms with Crippen molar-refractivity contribution in [2.75, 3.05) is 0 Å². The average molecular weight is 440 g/mol. The fourth-order valence-corrected chi connectivity index (χ4v) is 4.58. The molecule has 0 N–H and O–H groups in total. The Balaban J connectivity index is 1.62. The van der Waals surface area contributed by atoms with E-state index in [1.165, 1.54) is 0 Å². The van der Waals surface area contributed by atoms with Gasteiger partial charge in [-0.05, 0) is 35.1 Å². The number of fused-ring (bicyclic) bond motifs is 3. The molecule has 0 saturated heterocycles. The van der Waals surface area contributed by atoms with Crippen LogP contribution in [-0.4, -0.2) is 17.2 Å². The third-order valence-electron chi connectivity index (χ3n) is 5.94. The summed E-state index contributed by atoms with van der Waals surface area (Å²) in [6.45, 7) is -1.59. The number of hydroxylamine groups is 1. The van der Waals surface area contributed by atoms with Crippen molar-refractivity contribution in [3.05, 3.63) is 119 Å². The molecule has 0 fully saturated rings. The van der Waals surface area contributed by atoms with Gasteiger partial charge in [-0.15, -0.1) is 10.9 Å². The molecule has 6 rings (SSSR count). The summed E-state index contributed by atoms with van der Waals surface area (Å²) in [4.78, 5) is 0. The second-order valence-electron chi connectivity index (χ2n) is 7.95. The van der Waals surface area contributed by atoms with Gasteiger partial charge in [0.2, 0.25) is 6.54 Å². The Morgan fingerprint density at radius 1 is 0.719 bits per heavy atom. The van der Waals surface area contributed by atoms with Crippen LogP contribution >= 0.6 is 11.6 Å². The molecule has 0 spiro atoms. The molecule has 0 bridgehead atoms. The van der Waals surface area contributed by atoms with Crippen molar-refractivity contribution in [1.82, 2.24) is 0 Å². The maximum atomic E-state index is 6.82. The van der Waals surface area contributed by atoms with Crippen LogP contribution in [0, 0.1) is 0 Å². The molecule has 0 aromatic heterocycles. The summed E-state index contributed by atoms with van der Waals surface area (Å²) in [7, 11) is 0. The molecule has 156 valence electrons. The monoisotopic (exact) mass is 439 g/mol. The summed E-state index contributed by atoms with van der Waals surface area (Å²) >= 11 is 6.39. The molecule has 2 aliphatic heterocycles. The number of para-hydroxylation sites is 1. The molecule has 2 heterocycles. The van der Waals surface area contributed by atoms with E-state index in [2.05, 4.69) is 0 Å². The van der Waals surface area contributed by atoms with Crippen molar-refractivity contribution in [3.63, 3.8) is 0 Å². The highest BCUT2D eigenvalue weighted by Crippen LogP contribution is 2.34. The first kappa shape index (κ1) is 19.0. The van der Waals surface area contributed by atoms with E-state index in [0.29, 0.717) is 23.2 Å². The van der Waals surface area contributed by atoms with E-state index in [4.69, 9.17) is 25.7 Å². The van der Waals surface area contributed by atoms with Gasteiger partial charge in [-0.3, -0.25) is 0 Å². The Morgan fingerprint density at radius 3 is 2.09 bits per heavy atom. The number of rotatable bonds is 2. The molecule has 4 nitrogen and oxygen atoms in total. The predicted molar refractivity (Wildman–Crippen MR) is 126 cm³/mol. The van der Waals surface area contributed by atoms with Crippen LogP contribution in [0.4, 0.5) is 0 Å². The van der Waals surface area contributed by atoms with Gasteiger partial charge in [0.1, 0.15) is 11.3 Å². The lowest BCUT2D eigenvalue weighted by atomic mass is 9.46. The highest BCUT2D eigenvalue weighted by atomic mass is 35.5. The molecule has 0 radical (unpaired) electrons. The van der Waals surface area contributed by atoms with Gasteiger partial charge in [-0.25, -0.2) is 0 Å². The molecule has 6 heteroatoms. The maximum Gasteiger partial charge on any atom is 0.468 e. The maximum absolute atomic E-state index is 6.82. The minimum Gasteiger partial charge on any atom is -0.672 e. The largest absolute Gasteiger partial charge is 0.672 e. The molecule has 0 atom stereocenters. The summed E-state index contributed by atoms with van der Waals surface area (Å²) in [6, 6.07) is 33.6. The molecule has 32 heavy (non-hydrogen) atoms. The van der Waals surface area contributed by atoms with Gasteiger partial charge in [0, 0.05) is 5.02 Å². The highest BCUT2D eigenvalue weighted by molar-refractivity contribution is 6.93. The molecule has 0 saturated carbocycles. The molecule has 4 aromatic rings. The van der Waals surface area contributed by atoms with Crippen molar-refractivity contribution >= 4 is 35.0 Å². The Labute approximate surface area is 191 Å². The molecule has 0 aliphatic carbocycles. The Hall–Kier alpha value is -3.70. The van der Waals surface area contributed by atoms with Crippen molar-refractivity contribution in [1.29, 1.82) is 0 Å². The standard InChI is InChI=1S/C26H19BClNO3/c28-22-15-16-25-23(17-22)26-29(18-19-9-7-8-14-24(19)30-26)32-27(31-25,20-10-3-1-4-11-20)21-12-5-2-6-13-21/h1-17H,18H2. The fourth-order valence-electron chi connectivity index (χ4n) is 4.40. The van der Waals surface area contributed by atoms with Crippen LogP contribution in [0.15, 0.2) is 103 Å². The second kappa shape index (κ2) is 7.47. The van der Waals surface area contributed by atoms with Gasteiger partial charge in [0.25, 0.3) is 0 Å². The lowest BCUT2D eigenvalue weighted by molar-refractivity contribution is -0.771. The third-order valence-corrected chi connectivity index (χ3v) is 6.17. The summed E-state index contributed by atoms with van der Waals surface area (Å²) in [5.41, 5.74) is 3.65. The zero-order valence-corrected chi connectivity index (χ0v) is 17.9. The van der Waals surface area contributed by atoms with E-state index in [0.717, 1.165) is 27.8 Å². The smallest absolute Gasteiger partial charge is 0.468 e. The number of nitrogens with zero attached hydrogens (tertiary/aromatic N) is 1. The van der Waals surface area contributed by atoms with Gasteiger partial charge >= 0.3 is 12.4 Å². The Bertz CT molecular complexity index is 1300. The molecular formula is C26H19BClNO3. The van der Waals surface area contributed by atoms with Crippen LogP contribution in [0.25, 0.3) is 0 Å². The van der Waals surface area contributed by atoms with E-state index in [-0.39, 0.29) is 0 Å². The first-order valence-corrected chi connectivity index (χ1v) is 10.9. The predicted octanol–water partition coefficient (Wildman–Crippen LogP) is 4.27. The van der Waals surface area contributed by atoms with Gasteiger partial charge in [-0.2, -0.15) is 0 Å². The van der Waals surface area contributed by atoms with Crippen molar-refractivity contribution < 1.29 is 18.9 Å². The summed E-state index contributed by atoms with van der Waals surface area (Å²) < 4.78 is 21.8. The highest BCUT2D eigenvalue weighted by Gasteiger charge is 2.46. The van der Waals surface area contributed by atoms with Crippen LogP contribution in [0.5, 0.6) is 11.5 Å². The van der Waals surface area contributed by atoms with E-state index >= 15 is 0 Å². The normalized spacial score (nSPS) is 15.8. The van der Waals surface area contributed by atoms with E-state index in [1.807, 2.05) is 103 Å².